The van der Waals surface area contributed by atoms with Crippen molar-refractivity contribution in [3.05, 3.63) is 57.0 Å². The number of hydrogen-bond donors (Lipinski definition) is 1. The predicted octanol–water partition coefficient (Wildman–Crippen LogP) is 5.87. The van der Waals surface area contributed by atoms with Crippen molar-refractivity contribution >= 4 is 23.1 Å². The topological polar surface area (TPSA) is 85.7 Å². The molecular formula is C30H38F4N6O2S. The van der Waals surface area contributed by atoms with Crippen LogP contribution in [0.1, 0.15) is 60.6 Å². The highest BCUT2D eigenvalue weighted by Crippen LogP contribution is 2.37. The lowest BCUT2D eigenvalue weighted by molar-refractivity contribution is -0.138. The van der Waals surface area contributed by atoms with Gasteiger partial charge in [-0.15, -0.1) is 11.3 Å². The molecule has 0 radical (unpaired) electrons. The molecule has 1 aromatic carbocycles. The number of piperazine rings is 1. The second kappa shape index (κ2) is 13.6. The number of likely N-dealkylation sites (tertiary alicyclic amines) is 1. The Hall–Kier alpha value is -3.16. The quantitative estimate of drug-likeness (QED) is 0.297. The van der Waals surface area contributed by atoms with Gasteiger partial charge in [0.05, 0.1) is 28.4 Å². The zero-order valence-corrected chi connectivity index (χ0v) is 24.4. The summed E-state index contributed by atoms with van der Waals surface area (Å²) in [5, 5.41) is 9.64. The Bertz CT molecular complexity index is 1420. The van der Waals surface area contributed by atoms with E-state index in [4.69, 9.17) is 10.1 Å². The molecule has 2 fully saturated rings. The van der Waals surface area contributed by atoms with Gasteiger partial charge in [0.15, 0.2) is 0 Å². The van der Waals surface area contributed by atoms with Gasteiger partial charge in [0, 0.05) is 68.2 Å². The average molecular weight is 623 g/mol. The van der Waals surface area contributed by atoms with Gasteiger partial charge >= 0.3 is 12.1 Å². The standard InChI is InChI=1S/C29H34F4N6O2S.CH4/c1-18-4-3-6-39(18)17-24-28(20-12-21(29(31,32)33)14-22(30)13-20)36-26(42-24)16-23-15-25(35-19(2)34-23)38-10-8-37(9-11-38)7-5-27(40)41;/h12-15,18H,3-11,16-17H2,1-2H3,(H,40,41);1H4/t18-;/m1./s1. The fourth-order valence-corrected chi connectivity index (χ4v) is 6.72. The summed E-state index contributed by atoms with van der Waals surface area (Å²) in [4.78, 5) is 32.2. The van der Waals surface area contributed by atoms with Crippen molar-refractivity contribution in [3.63, 3.8) is 0 Å². The molecule has 0 aliphatic carbocycles. The fraction of sp³-hybridized carbons (Fsp3) is 0.533. The fourth-order valence-electron chi connectivity index (χ4n) is 5.58. The summed E-state index contributed by atoms with van der Waals surface area (Å²) < 4.78 is 54.9. The minimum atomic E-state index is -4.67. The number of aromatic nitrogens is 3. The zero-order valence-electron chi connectivity index (χ0n) is 23.6. The van der Waals surface area contributed by atoms with Crippen LogP contribution in [0, 0.1) is 12.7 Å². The van der Waals surface area contributed by atoms with E-state index < -0.39 is 23.5 Å². The van der Waals surface area contributed by atoms with E-state index >= 15 is 0 Å². The number of anilines is 1. The Balaban J connectivity index is 0.00000423. The van der Waals surface area contributed by atoms with Gasteiger partial charge in [0.1, 0.15) is 17.5 Å². The van der Waals surface area contributed by atoms with E-state index in [9.17, 15) is 22.4 Å². The second-order valence-electron chi connectivity index (χ2n) is 11.0. The van der Waals surface area contributed by atoms with Gasteiger partial charge in [-0.05, 0) is 51.4 Å². The molecule has 0 spiro atoms. The Morgan fingerprint density at radius 1 is 1.07 bits per heavy atom. The first-order valence-electron chi connectivity index (χ1n) is 14.1. The summed E-state index contributed by atoms with van der Waals surface area (Å²) in [6.07, 6.45) is -2.09. The zero-order chi connectivity index (χ0) is 30.0. The van der Waals surface area contributed by atoms with E-state index in [0.29, 0.717) is 61.2 Å². The normalized spacial score (nSPS) is 18.2. The highest BCUT2D eigenvalue weighted by Gasteiger charge is 2.32. The molecule has 0 saturated carbocycles. The lowest BCUT2D eigenvalue weighted by Gasteiger charge is -2.35. The third-order valence-electron chi connectivity index (χ3n) is 7.83. The smallest absolute Gasteiger partial charge is 0.416 e. The third-order valence-corrected chi connectivity index (χ3v) is 8.87. The molecule has 5 rings (SSSR count). The molecule has 234 valence electrons. The molecule has 0 bridgehead atoms. The van der Waals surface area contributed by atoms with Crippen molar-refractivity contribution in [2.45, 2.75) is 65.7 Å². The average Bonchev–Trinajstić information content (AvgIpc) is 3.52. The third kappa shape index (κ3) is 8.27. The van der Waals surface area contributed by atoms with Crippen molar-refractivity contribution in [2.75, 3.05) is 44.2 Å². The van der Waals surface area contributed by atoms with E-state index in [2.05, 4.69) is 31.6 Å². The Kier molecular flexibility index (Phi) is 10.4. The van der Waals surface area contributed by atoms with Gasteiger partial charge in [-0.3, -0.25) is 14.6 Å². The summed E-state index contributed by atoms with van der Waals surface area (Å²) in [6, 6.07) is 4.86. The van der Waals surface area contributed by atoms with Gasteiger partial charge < -0.3 is 10.0 Å². The Morgan fingerprint density at radius 2 is 1.81 bits per heavy atom. The van der Waals surface area contributed by atoms with Crippen LogP contribution in [0.15, 0.2) is 24.3 Å². The number of thiazole rings is 1. The van der Waals surface area contributed by atoms with Crippen LogP contribution >= 0.6 is 11.3 Å². The van der Waals surface area contributed by atoms with Crippen LogP contribution in [0.4, 0.5) is 23.4 Å². The number of carboxylic acids is 1. The van der Waals surface area contributed by atoms with Crippen LogP contribution in [-0.2, 0) is 23.9 Å². The summed E-state index contributed by atoms with van der Waals surface area (Å²) in [7, 11) is 0. The van der Waals surface area contributed by atoms with Crippen LogP contribution < -0.4 is 4.90 Å². The molecule has 1 N–H and O–H groups in total. The Labute approximate surface area is 253 Å². The van der Waals surface area contributed by atoms with Gasteiger partial charge in [-0.1, -0.05) is 7.43 Å². The first kappa shape index (κ1) is 32.7. The number of benzene rings is 1. The predicted molar refractivity (Wildman–Crippen MR) is 159 cm³/mol. The molecule has 2 aliphatic rings. The van der Waals surface area contributed by atoms with Crippen molar-refractivity contribution < 1.29 is 27.5 Å². The molecule has 2 aromatic heterocycles. The van der Waals surface area contributed by atoms with Crippen LogP contribution in [0.25, 0.3) is 11.3 Å². The van der Waals surface area contributed by atoms with Crippen molar-refractivity contribution in [1.29, 1.82) is 0 Å². The van der Waals surface area contributed by atoms with Gasteiger partial charge in [0.2, 0.25) is 0 Å². The number of aliphatic carboxylic acids is 1. The molecule has 1 atom stereocenters. The number of alkyl halides is 3. The largest absolute Gasteiger partial charge is 0.481 e. The SMILES string of the molecule is C.Cc1nc(Cc2nc(-c3cc(F)cc(C(F)(F)F)c3)c(CN3CCC[C@H]3C)s2)cc(N2CCN(CCC(=O)O)CC2)n1. The number of carbonyl (C=O) groups is 1. The first-order valence-corrected chi connectivity index (χ1v) is 14.9. The maximum absolute atomic E-state index is 14.4. The van der Waals surface area contributed by atoms with E-state index in [1.807, 2.05) is 13.0 Å². The molecule has 0 amide bonds. The first-order chi connectivity index (χ1) is 19.9. The highest BCUT2D eigenvalue weighted by molar-refractivity contribution is 7.12. The maximum Gasteiger partial charge on any atom is 0.416 e. The van der Waals surface area contributed by atoms with E-state index in [1.54, 1.807) is 0 Å². The number of hydrogen-bond acceptors (Lipinski definition) is 8. The van der Waals surface area contributed by atoms with E-state index in [1.165, 1.54) is 11.3 Å². The maximum atomic E-state index is 14.4. The lowest BCUT2D eigenvalue weighted by Crippen LogP contribution is -2.47. The minimum absolute atomic E-state index is 0. The number of halogens is 4. The van der Waals surface area contributed by atoms with Crippen LogP contribution in [0.3, 0.4) is 0 Å². The lowest BCUT2D eigenvalue weighted by atomic mass is 10.1. The molecule has 13 heteroatoms. The molecule has 2 aliphatic heterocycles. The summed E-state index contributed by atoms with van der Waals surface area (Å²) in [5.74, 6) is -0.388. The molecular weight excluding hydrogens is 584 g/mol. The second-order valence-corrected chi connectivity index (χ2v) is 12.1. The highest BCUT2D eigenvalue weighted by atomic mass is 32.1. The monoisotopic (exact) mass is 622 g/mol. The molecule has 3 aromatic rings. The minimum Gasteiger partial charge on any atom is -0.481 e. The molecule has 2 saturated heterocycles. The van der Waals surface area contributed by atoms with Crippen LogP contribution in [-0.4, -0.2) is 81.1 Å². The van der Waals surface area contributed by atoms with E-state index in [-0.39, 0.29) is 19.4 Å². The summed E-state index contributed by atoms with van der Waals surface area (Å²) in [6.45, 7) is 8.75. The van der Waals surface area contributed by atoms with Crippen molar-refractivity contribution in [2.24, 2.45) is 0 Å². The van der Waals surface area contributed by atoms with Crippen molar-refractivity contribution in [3.8, 4) is 11.3 Å². The number of rotatable bonds is 9. The van der Waals surface area contributed by atoms with Gasteiger partial charge in [0.25, 0.3) is 0 Å². The van der Waals surface area contributed by atoms with Gasteiger partial charge in [-0.25, -0.2) is 19.3 Å². The van der Waals surface area contributed by atoms with Crippen LogP contribution in [0.5, 0.6) is 0 Å². The molecule has 4 heterocycles. The molecule has 8 nitrogen and oxygen atoms in total. The molecule has 43 heavy (non-hydrogen) atoms. The summed E-state index contributed by atoms with van der Waals surface area (Å²) in [5.41, 5.74) is 0.198. The number of nitrogens with zero attached hydrogens (tertiary/aromatic N) is 6. The van der Waals surface area contributed by atoms with E-state index in [0.717, 1.165) is 61.0 Å². The van der Waals surface area contributed by atoms with Gasteiger partial charge in [-0.2, -0.15) is 13.2 Å². The Morgan fingerprint density at radius 3 is 2.47 bits per heavy atom. The van der Waals surface area contributed by atoms with Crippen molar-refractivity contribution in [1.82, 2.24) is 24.8 Å². The molecule has 0 unspecified atom stereocenters. The number of aryl methyl sites for hydroxylation is 1. The summed E-state index contributed by atoms with van der Waals surface area (Å²) >= 11 is 1.43. The number of carboxylic acid groups (broad SMARTS) is 1. The van der Waals surface area contributed by atoms with Crippen LogP contribution in [0.2, 0.25) is 0 Å².